The molecule has 0 aliphatic carbocycles. The fourth-order valence-electron chi connectivity index (χ4n) is 3.47. The van der Waals surface area contributed by atoms with Crippen LogP contribution in [0.5, 0.6) is 0 Å². The average Bonchev–Trinajstić information content (AvgIpc) is 2.79. The van der Waals surface area contributed by atoms with E-state index in [1.54, 1.807) is 6.92 Å². The van der Waals surface area contributed by atoms with Crippen LogP contribution in [0.1, 0.15) is 136 Å². The van der Waals surface area contributed by atoms with E-state index >= 15 is 0 Å². The minimum Gasteiger partial charge on any atom is -0.478 e. The lowest BCUT2D eigenvalue weighted by molar-refractivity contribution is -0.133. The molecule has 0 aromatic heterocycles. The fourth-order valence-corrected chi connectivity index (χ4v) is 3.47. The number of rotatable bonds is 21. The Bertz CT molecular complexity index is 522. The number of aliphatic hydroxyl groups excluding tert-OH is 1. The summed E-state index contributed by atoms with van der Waals surface area (Å²) in [6.45, 7) is 5.46. The molecule has 0 heterocycles. The second-order valence-electron chi connectivity index (χ2n) is 8.99. The second-order valence-corrected chi connectivity index (χ2v) is 8.99. The SMILES string of the molecule is C/C(=C\CCO)C(=O)O.CCCCCCCCCCCCCCCCCC/C=C(\C)C(=O)O. The summed E-state index contributed by atoms with van der Waals surface area (Å²) < 4.78 is 0. The summed E-state index contributed by atoms with van der Waals surface area (Å²) in [5, 5.41) is 25.3. The first-order chi connectivity index (χ1) is 15.9. The quantitative estimate of drug-likeness (QED) is 0.117. The number of hydrogen-bond acceptors (Lipinski definition) is 3. The fraction of sp³-hybridized carbons (Fsp3) is 0.786. The van der Waals surface area contributed by atoms with Gasteiger partial charge in [-0.2, -0.15) is 0 Å². The van der Waals surface area contributed by atoms with Crippen molar-refractivity contribution in [2.75, 3.05) is 6.61 Å². The Morgan fingerprint density at radius 2 is 0.848 bits per heavy atom. The molecule has 0 saturated carbocycles. The van der Waals surface area contributed by atoms with Crippen LogP contribution < -0.4 is 0 Å². The predicted molar refractivity (Wildman–Crippen MR) is 139 cm³/mol. The molecule has 0 spiro atoms. The smallest absolute Gasteiger partial charge is 0.330 e. The van der Waals surface area contributed by atoms with Crippen molar-refractivity contribution in [2.24, 2.45) is 0 Å². The average molecular weight is 469 g/mol. The number of carboxylic acid groups (broad SMARTS) is 2. The second kappa shape index (κ2) is 26.6. The van der Waals surface area contributed by atoms with E-state index in [-0.39, 0.29) is 12.2 Å². The zero-order chi connectivity index (χ0) is 25.2. The molecule has 5 nitrogen and oxygen atoms in total. The van der Waals surface area contributed by atoms with E-state index in [1.807, 2.05) is 6.08 Å². The van der Waals surface area contributed by atoms with Gasteiger partial charge in [0.25, 0.3) is 0 Å². The molecule has 0 bridgehead atoms. The summed E-state index contributed by atoms with van der Waals surface area (Å²) in [7, 11) is 0. The van der Waals surface area contributed by atoms with Gasteiger partial charge < -0.3 is 15.3 Å². The van der Waals surface area contributed by atoms with Crippen molar-refractivity contribution in [3.05, 3.63) is 23.3 Å². The van der Waals surface area contributed by atoms with E-state index in [4.69, 9.17) is 15.3 Å². The molecule has 5 heteroatoms. The van der Waals surface area contributed by atoms with E-state index in [2.05, 4.69) is 6.92 Å². The van der Waals surface area contributed by atoms with Crippen LogP contribution in [0.25, 0.3) is 0 Å². The summed E-state index contributed by atoms with van der Waals surface area (Å²) >= 11 is 0. The molecule has 0 aromatic rings. The van der Waals surface area contributed by atoms with E-state index < -0.39 is 11.9 Å². The number of hydrogen-bond donors (Lipinski definition) is 3. The highest BCUT2D eigenvalue weighted by atomic mass is 16.4. The summed E-state index contributed by atoms with van der Waals surface area (Å²) in [6.07, 6.45) is 26.7. The predicted octanol–water partition coefficient (Wildman–Crippen LogP) is 8.07. The van der Waals surface area contributed by atoms with Gasteiger partial charge in [-0.15, -0.1) is 0 Å². The summed E-state index contributed by atoms with van der Waals surface area (Å²) in [4.78, 5) is 20.7. The van der Waals surface area contributed by atoms with Crippen molar-refractivity contribution >= 4 is 11.9 Å². The van der Waals surface area contributed by atoms with Gasteiger partial charge in [-0.1, -0.05) is 115 Å². The number of allylic oxidation sites excluding steroid dienone is 1. The molecule has 3 N–H and O–H groups in total. The molecule has 0 unspecified atom stereocenters. The van der Waals surface area contributed by atoms with Crippen LogP contribution in [-0.4, -0.2) is 33.9 Å². The summed E-state index contributed by atoms with van der Waals surface area (Å²) in [5.74, 6) is -1.71. The van der Waals surface area contributed by atoms with E-state index in [0.29, 0.717) is 12.0 Å². The number of aliphatic hydroxyl groups is 1. The first-order valence-electron chi connectivity index (χ1n) is 13.3. The number of unbranched alkanes of at least 4 members (excludes halogenated alkanes) is 16. The van der Waals surface area contributed by atoms with Crippen LogP contribution >= 0.6 is 0 Å². The maximum Gasteiger partial charge on any atom is 0.330 e. The van der Waals surface area contributed by atoms with Crippen LogP contribution in [0.15, 0.2) is 23.3 Å². The molecule has 0 atom stereocenters. The molecular formula is C28H52O5. The van der Waals surface area contributed by atoms with Crippen molar-refractivity contribution in [1.29, 1.82) is 0 Å². The molecule has 0 saturated heterocycles. The molecule has 33 heavy (non-hydrogen) atoms. The molecule has 0 amide bonds. The third-order valence-electron chi connectivity index (χ3n) is 5.76. The van der Waals surface area contributed by atoms with Crippen LogP contribution in [-0.2, 0) is 9.59 Å². The zero-order valence-corrected chi connectivity index (χ0v) is 21.7. The first kappa shape index (κ1) is 33.6. The maximum absolute atomic E-state index is 10.6. The van der Waals surface area contributed by atoms with Gasteiger partial charge in [0.05, 0.1) is 0 Å². The van der Waals surface area contributed by atoms with Crippen molar-refractivity contribution in [2.45, 2.75) is 136 Å². The Hall–Kier alpha value is -1.62. The van der Waals surface area contributed by atoms with Crippen LogP contribution in [0.2, 0.25) is 0 Å². The van der Waals surface area contributed by atoms with E-state index in [1.165, 1.54) is 109 Å². The van der Waals surface area contributed by atoms with Crippen LogP contribution in [0, 0.1) is 0 Å². The first-order valence-corrected chi connectivity index (χ1v) is 13.3. The van der Waals surface area contributed by atoms with Crippen molar-refractivity contribution in [3.8, 4) is 0 Å². The van der Waals surface area contributed by atoms with E-state index in [9.17, 15) is 9.59 Å². The molecule has 0 aliphatic rings. The minimum absolute atomic E-state index is 0.00458. The highest BCUT2D eigenvalue weighted by molar-refractivity contribution is 5.86. The molecule has 194 valence electrons. The Kier molecular flexibility index (Phi) is 27.1. The third kappa shape index (κ3) is 28.3. The van der Waals surface area contributed by atoms with E-state index in [0.717, 1.165) is 12.8 Å². The molecule has 0 fully saturated rings. The monoisotopic (exact) mass is 468 g/mol. The van der Waals surface area contributed by atoms with Gasteiger partial charge in [-0.3, -0.25) is 0 Å². The minimum atomic E-state index is -0.927. The molecule has 0 rings (SSSR count). The normalized spacial score (nSPS) is 11.8. The largest absolute Gasteiger partial charge is 0.478 e. The van der Waals surface area contributed by atoms with Crippen LogP contribution in [0.3, 0.4) is 0 Å². The Labute approximate surface area is 203 Å². The Morgan fingerprint density at radius 1 is 0.545 bits per heavy atom. The molecule has 0 radical (unpaired) electrons. The number of carbonyl (C=O) groups is 2. The van der Waals surface area contributed by atoms with Gasteiger partial charge in [-0.25, -0.2) is 9.59 Å². The lowest BCUT2D eigenvalue weighted by Gasteiger charge is -2.03. The highest BCUT2D eigenvalue weighted by Crippen LogP contribution is 2.14. The van der Waals surface area contributed by atoms with Crippen molar-refractivity contribution in [3.63, 3.8) is 0 Å². The number of aliphatic carboxylic acids is 2. The molecular weight excluding hydrogens is 416 g/mol. The standard InChI is InChI=1S/C22H42O2.C6H10O3/c1-3-4-5-6-7-8-9-10-11-12-13-14-15-16-17-18-19-20-21(2)22(23)24;1-5(6(8)9)3-2-4-7/h20H,3-19H2,1-2H3,(H,23,24);3,7H,2,4H2,1H3,(H,8,9)/b21-20+;5-3+. The van der Waals surface area contributed by atoms with Crippen molar-refractivity contribution < 1.29 is 24.9 Å². The maximum atomic E-state index is 10.6. The lowest BCUT2D eigenvalue weighted by atomic mass is 10.0. The Morgan fingerprint density at radius 3 is 1.15 bits per heavy atom. The van der Waals surface area contributed by atoms with Gasteiger partial charge in [0.2, 0.25) is 0 Å². The van der Waals surface area contributed by atoms with Gasteiger partial charge >= 0.3 is 11.9 Å². The molecule has 0 aliphatic heterocycles. The molecule has 0 aromatic carbocycles. The van der Waals surface area contributed by atoms with Gasteiger partial charge in [0.15, 0.2) is 0 Å². The topological polar surface area (TPSA) is 94.8 Å². The highest BCUT2D eigenvalue weighted by Gasteiger charge is 1.98. The summed E-state index contributed by atoms with van der Waals surface area (Å²) in [6, 6.07) is 0. The van der Waals surface area contributed by atoms with Crippen LogP contribution in [0.4, 0.5) is 0 Å². The van der Waals surface area contributed by atoms with Crippen molar-refractivity contribution in [1.82, 2.24) is 0 Å². The summed E-state index contributed by atoms with van der Waals surface area (Å²) in [5.41, 5.74) is 0.764. The Balaban J connectivity index is 0. The number of carboxylic acids is 2. The third-order valence-corrected chi connectivity index (χ3v) is 5.76. The zero-order valence-electron chi connectivity index (χ0n) is 21.7. The van der Waals surface area contributed by atoms with Gasteiger partial charge in [0, 0.05) is 17.8 Å². The van der Waals surface area contributed by atoms with Gasteiger partial charge in [0.1, 0.15) is 0 Å². The van der Waals surface area contributed by atoms with Gasteiger partial charge in [-0.05, 0) is 33.1 Å². The lowest BCUT2D eigenvalue weighted by Crippen LogP contribution is -1.95.